The first-order valence-electron chi connectivity index (χ1n) is 14.8. The summed E-state index contributed by atoms with van der Waals surface area (Å²) in [5.41, 5.74) is 3.21. The van der Waals surface area contributed by atoms with E-state index in [1.807, 2.05) is 0 Å². The number of rotatable bonds is 9. The molecular weight excluding hydrogens is 384 g/mol. The largest absolute Gasteiger partial charge is 0.0654 e. The zero-order valence-electron chi connectivity index (χ0n) is 21.5. The first-order valence-corrected chi connectivity index (χ1v) is 14.8. The van der Waals surface area contributed by atoms with E-state index in [9.17, 15) is 0 Å². The molecule has 1 aromatic carbocycles. The van der Waals surface area contributed by atoms with Gasteiger partial charge in [-0.15, -0.1) is 0 Å². The molecule has 0 bridgehead atoms. The summed E-state index contributed by atoms with van der Waals surface area (Å²) in [6, 6.07) is 9.90. The van der Waals surface area contributed by atoms with E-state index in [1.165, 1.54) is 103 Å². The van der Waals surface area contributed by atoms with Gasteiger partial charge in [-0.05, 0) is 111 Å². The smallest absolute Gasteiger partial charge is 0.0162 e. The van der Waals surface area contributed by atoms with Crippen LogP contribution >= 0.6 is 0 Å². The van der Waals surface area contributed by atoms with Crippen LogP contribution in [0.2, 0.25) is 0 Å². The fourth-order valence-electron chi connectivity index (χ4n) is 7.62. The van der Waals surface area contributed by atoms with Crippen molar-refractivity contribution in [3.8, 4) is 0 Å². The first kappa shape index (κ1) is 24.3. The lowest BCUT2D eigenvalue weighted by atomic mass is 9.68. The fraction of sp³-hybridized carbons (Fsp3) is 0.812. The van der Waals surface area contributed by atoms with Crippen LogP contribution in [0.3, 0.4) is 0 Å². The maximum absolute atomic E-state index is 2.48. The molecule has 0 amide bonds. The van der Waals surface area contributed by atoms with Gasteiger partial charge in [0, 0.05) is 0 Å². The van der Waals surface area contributed by atoms with Gasteiger partial charge in [-0.25, -0.2) is 0 Å². The number of aryl methyl sites for hydroxylation is 1. The summed E-state index contributed by atoms with van der Waals surface area (Å²) in [5.74, 6) is 6.05. The zero-order chi connectivity index (χ0) is 22.2. The van der Waals surface area contributed by atoms with Gasteiger partial charge in [0.15, 0.2) is 0 Å². The lowest BCUT2D eigenvalue weighted by Gasteiger charge is -2.37. The monoisotopic (exact) mass is 436 g/mol. The Morgan fingerprint density at radius 1 is 0.594 bits per heavy atom. The molecule has 0 aromatic heterocycles. The molecule has 0 nitrogen and oxygen atoms in total. The first-order chi connectivity index (χ1) is 15.7. The van der Waals surface area contributed by atoms with E-state index in [1.54, 1.807) is 24.0 Å². The molecule has 4 rings (SSSR count). The SMILES string of the molecule is CCCCC1CCC(c2ccc(CCC3CCC(C4CCC(CC)CC4)CC3)cc2)CC1. The molecule has 0 atom stereocenters. The summed E-state index contributed by atoms with van der Waals surface area (Å²) in [6.45, 7) is 4.72. The van der Waals surface area contributed by atoms with Crippen LogP contribution in [0.15, 0.2) is 24.3 Å². The lowest BCUT2D eigenvalue weighted by molar-refractivity contribution is 0.142. The van der Waals surface area contributed by atoms with Gasteiger partial charge in [-0.1, -0.05) is 89.5 Å². The third kappa shape index (κ3) is 6.87. The van der Waals surface area contributed by atoms with E-state index < -0.39 is 0 Å². The van der Waals surface area contributed by atoms with Crippen molar-refractivity contribution in [1.29, 1.82) is 0 Å². The second kappa shape index (κ2) is 12.6. The van der Waals surface area contributed by atoms with Gasteiger partial charge in [0.1, 0.15) is 0 Å². The Kier molecular flexibility index (Phi) is 9.60. The Labute approximate surface area is 200 Å². The minimum Gasteiger partial charge on any atom is -0.0654 e. The molecule has 0 heterocycles. The highest BCUT2D eigenvalue weighted by Crippen LogP contribution is 2.43. The predicted molar refractivity (Wildman–Crippen MR) is 140 cm³/mol. The topological polar surface area (TPSA) is 0 Å². The van der Waals surface area contributed by atoms with E-state index in [4.69, 9.17) is 0 Å². The van der Waals surface area contributed by atoms with Crippen molar-refractivity contribution in [3.05, 3.63) is 35.4 Å². The molecule has 32 heavy (non-hydrogen) atoms. The van der Waals surface area contributed by atoms with Crippen molar-refractivity contribution in [2.75, 3.05) is 0 Å². The molecule has 3 fully saturated rings. The number of benzene rings is 1. The Balaban J connectivity index is 1.14. The van der Waals surface area contributed by atoms with Crippen LogP contribution in [-0.2, 0) is 6.42 Å². The van der Waals surface area contributed by atoms with Crippen LogP contribution in [0, 0.1) is 29.6 Å². The number of hydrogen-bond acceptors (Lipinski definition) is 0. The highest BCUT2D eigenvalue weighted by molar-refractivity contribution is 5.26. The van der Waals surface area contributed by atoms with E-state index >= 15 is 0 Å². The Morgan fingerprint density at radius 2 is 1.12 bits per heavy atom. The van der Waals surface area contributed by atoms with Gasteiger partial charge in [0.05, 0.1) is 0 Å². The molecular formula is C32H52. The summed E-state index contributed by atoms with van der Waals surface area (Å²) >= 11 is 0. The minimum atomic E-state index is 0.838. The van der Waals surface area contributed by atoms with E-state index in [2.05, 4.69) is 38.1 Å². The maximum Gasteiger partial charge on any atom is -0.0162 e. The molecule has 1 aromatic rings. The van der Waals surface area contributed by atoms with Gasteiger partial charge in [-0.2, -0.15) is 0 Å². The highest BCUT2D eigenvalue weighted by Gasteiger charge is 2.30. The second-order valence-electron chi connectivity index (χ2n) is 12.1. The minimum absolute atomic E-state index is 0.838. The maximum atomic E-state index is 2.48. The third-order valence-electron chi connectivity index (χ3n) is 10.1. The fourth-order valence-corrected chi connectivity index (χ4v) is 7.62. The molecule has 0 aliphatic heterocycles. The van der Waals surface area contributed by atoms with Crippen LogP contribution < -0.4 is 0 Å². The van der Waals surface area contributed by atoms with Crippen LogP contribution in [-0.4, -0.2) is 0 Å². The standard InChI is InChI=1S/C32H52/c1-3-5-6-26-11-19-30(20-12-26)32-23-15-28(16-24-32)8-7-27-13-21-31(22-14-27)29-17-9-25(4-2)10-18-29/h15-16,23-27,29-31H,3-14,17-22H2,1-2H3. The highest BCUT2D eigenvalue weighted by atomic mass is 14.4. The van der Waals surface area contributed by atoms with Gasteiger partial charge < -0.3 is 0 Å². The Bertz CT molecular complexity index is 619. The normalized spacial score (nSPS) is 33.8. The average Bonchev–Trinajstić information content (AvgIpc) is 2.87. The third-order valence-corrected chi connectivity index (χ3v) is 10.1. The van der Waals surface area contributed by atoms with Gasteiger partial charge in [0.2, 0.25) is 0 Å². The van der Waals surface area contributed by atoms with Crippen molar-refractivity contribution in [3.63, 3.8) is 0 Å². The van der Waals surface area contributed by atoms with Crippen molar-refractivity contribution < 1.29 is 0 Å². The van der Waals surface area contributed by atoms with Gasteiger partial charge in [0.25, 0.3) is 0 Å². The summed E-state index contributed by atoms with van der Waals surface area (Å²) < 4.78 is 0. The molecule has 3 aliphatic rings. The Morgan fingerprint density at radius 3 is 1.69 bits per heavy atom. The van der Waals surface area contributed by atoms with Crippen LogP contribution in [0.25, 0.3) is 0 Å². The predicted octanol–water partition coefficient (Wildman–Crippen LogP) is 10.1. The number of hydrogen-bond donors (Lipinski definition) is 0. The molecule has 0 N–H and O–H groups in total. The lowest BCUT2D eigenvalue weighted by Crippen LogP contribution is -2.25. The molecule has 0 unspecified atom stereocenters. The average molecular weight is 437 g/mol. The van der Waals surface area contributed by atoms with Crippen molar-refractivity contribution in [2.45, 2.75) is 135 Å². The van der Waals surface area contributed by atoms with E-state index in [0.717, 1.165) is 35.5 Å². The molecule has 0 spiro atoms. The Hall–Kier alpha value is -0.780. The number of unbranched alkanes of at least 4 members (excludes halogenated alkanes) is 1. The molecule has 0 radical (unpaired) electrons. The molecule has 3 saturated carbocycles. The molecule has 0 saturated heterocycles. The van der Waals surface area contributed by atoms with Gasteiger partial charge >= 0.3 is 0 Å². The van der Waals surface area contributed by atoms with Crippen LogP contribution in [0.1, 0.15) is 140 Å². The quantitative estimate of drug-likeness (QED) is 0.361. The molecule has 180 valence electrons. The molecule has 3 aliphatic carbocycles. The summed E-state index contributed by atoms with van der Waals surface area (Å²) in [7, 11) is 0. The summed E-state index contributed by atoms with van der Waals surface area (Å²) in [4.78, 5) is 0. The van der Waals surface area contributed by atoms with E-state index in [-0.39, 0.29) is 0 Å². The van der Waals surface area contributed by atoms with Crippen molar-refractivity contribution >= 4 is 0 Å². The summed E-state index contributed by atoms with van der Waals surface area (Å²) in [5, 5.41) is 0. The summed E-state index contributed by atoms with van der Waals surface area (Å²) in [6.07, 6.45) is 26.4. The van der Waals surface area contributed by atoms with Crippen LogP contribution in [0.5, 0.6) is 0 Å². The molecule has 0 heteroatoms. The van der Waals surface area contributed by atoms with Crippen molar-refractivity contribution in [1.82, 2.24) is 0 Å². The second-order valence-corrected chi connectivity index (χ2v) is 12.1. The zero-order valence-corrected chi connectivity index (χ0v) is 21.5. The van der Waals surface area contributed by atoms with Crippen LogP contribution in [0.4, 0.5) is 0 Å². The van der Waals surface area contributed by atoms with Gasteiger partial charge in [-0.3, -0.25) is 0 Å². The van der Waals surface area contributed by atoms with E-state index in [0.29, 0.717) is 0 Å². The van der Waals surface area contributed by atoms with Crippen molar-refractivity contribution in [2.24, 2.45) is 29.6 Å².